The summed E-state index contributed by atoms with van der Waals surface area (Å²) in [4.78, 5) is 9.31. The summed E-state index contributed by atoms with van der Waals surface area (Å²) in [6.07, 6.45) is 2.74. The zero-order valence-corrected chi connectivity index (χ0v) is 12.1. The van der Waals surface area contributed by atoms with E-state index in [1.807, 2.05) is 11.6 Å². The Morgan fingerprint density at radius 1 is 1.50 bits per heavy atom. The molecular formula is C13H23N3OS. The lowest BCUT2D eigenvalue weighted by atomic mass is 10.1. The highest BCUT2D eigenvalue weighted by Crippen LogP contribution is 2.18. The van der Waals surface area contributed by atoms with Crippen molar-refractivity contribution in [1.82, 2.24) is 14.8 Å². The summed E-state index contributed by atoms with van der Waals surface area (Å²) in [6.45, 7) is 8.93. The highest BCUT2D eigenvalue weighted by molar-refractivity contribution is 7.09. The Morgan fingerprint density at radius 2 is 2.33 bits per heavy atom. The first-order valence-corrected chi connectivity index (χ1v) is 7.56. The molecule has 18 heavy (non-hydrogen) atoms. The van der Waals surface area contributed by atoms with Crippen LogP contribution in [0, 0.1) is 0 Å². The third-order valence-corrected chi connectivity index (χ3v) is 4.34. The van der Waals surface area contributed by atoms with Crippen LogP contribution in [-0.2, 0) is 6.54 Å². The lowest BCUT2D eigenvalue weighted by Gasteiger charge is -2.43. The monoisotopic (exact) mass is 269 g/mol. The van der Waals surface area contributed by atoms with Gasteiger partial charge in [0, 0.05) is 49.9 Å². The minimum absolute atomic E-state index is 0.277. The summed E-state index contributed by atoms with van der Waals surface area (Å²) in [6, 6.07) is 1.03. The number of aromatic nitrogens is 1. The Hall–Kier alpha value is -0.490. The van der Waals surface area contributed by atoms with Crippen LogP contribution in [0.25, 0.3) is 0 Å². The summed E-state index contributed by atoms with van der Waals surface area (Å²) in [5.74, 6) is 0. The second kappa shape index (κ2) is 6.61. The third kappa shape index (κ3) is 3.51. The van der Waals surface area contributed by atoms with Crippen LogP contribution in [0.2, 0.25) is 0 Å². The number of piperazine rings is 1. The maximum absolute atomic E-state index is 9.21. The summed E-state index contributed by atoms with van der Waals surface area (Å²) in [5, 5.41) is 12.4. The van der Waals surface area contributed by atoms with E-state index in [1.54, 1.807) is 11.3 Å². The van der Waals surface area contributed by atoms with Gasteiger partial charge in [0.05, 0.1) is 6.54 Å². The summed E-state index contributed by atoms with van der Waals surface area (Å²) >= 11 is 1.72. The first-order valence-electron chi connectivity index (χ1n) is 6.68. The first kappa shape index (κ1) is 13.9. The molecule has 0 saturated carbocycles. The van der Waals surface area contributed by atoms with E-state index in [9.17, 15) is 5.11 Å². The standard InChI is InChI=1S/C13H23N3OS/c1-11(2)16-6-5-15(9-12(16)3-7-17)10-13-14-4-8-18-13/h4,8,11-12,17H,3,5-7,9-10H2,1-2H3. The van der Waals surface area contributed by atoms with Crippen molar-refractivity contribution in [1.29, 1.82) is 0 Å². The van der Waals surface area contributed by atoms with E-state index in [4.69, 9.17) is 0 Å². The molecule has 2 rings (SSSR count). The predicted molar refractivity (Wildman–Crippen MR) is 74.7 cm³/mol. The largest absolute Gasteiger partial charge is 0.396 e. The normalized spacial score (nSPS) is 22.8. The van der Waals surface area contributed by atoms with Crippen molar-refractivity contribution in [3.05, 3.63) is 16.6 Å². The molecule has 0 radical (unpaired) electrons. The average molecular weight is 269 g/mol. The van der Waals surface area contributed by atoms with E-state index in [0.29, 0.717) is 12.1 Å². The van der Waals surface area contributed by atoms with Crippen LogP contribution in [-0.4, -0.2) is 58.2 Å². The lowest BCUT2D eigenvalue weighted by molar-refractivity contribution is 0.0349. The molecule has 1 aromatic heterocycles. The topological polar surface area (TPSA) is 39.6 Å². The van der Waals surface area contributed by atoms with Crippen LogP contribution < -0.4 is 0 Å². The molecule has 1 fully saturated rings. The van der Waals surface area contributed by atoms with Gasteiger partial charge in [-0.15, -0.1) is 11.3 Å². The van der Waals surface area contributed by atoms with Gasteiger partial charge in [-0.25, -0.2) is 4.98 Å². The molecule has 1 aliphatic heterocycles. The molecule has 2 heterocycles. The molecule has 1 N–H and O–H groups in total. The highest BCUT2D eigenvalue weighted by Gasteiger charge is 2.28. The number of thiazole rings is 1. The Labute approximate surface area is 113 Å². The number of hydrogen-bond acceptors (Lipinski definition) is 5. The summed E-state index contributed by atoms with van der Waals surface area (Å²) in [7, 11) is 0. The molecule has 1 aliphatic rings. The minimum atomic E-state index is 0.277. The van der Waals surface area contributed by atoms with Crippen molar-refractivity contribution in [3.63, 3.8) is 0 Å². The van der Waals surface area contributed by atoms with Gasteiger partial charge in [-0.1, -0.05) is 0 Å². The Balaban J connectivity index is 1.92. The fourth-order valence-corrected chi connectivity index (χ4v) is 3.34. The molecule has 1 saturated heterocycles. The molecule has 1 atom stereocenters. The molecule has 4 nitrogen and oxygen atoms in total. The van der Waals surface area contributed by atoms with Gasteiger partial charge >= 0.3 is 0 Å². The Bertz CT molecular complexity index is 342. The quantitative estimate of drug-likeness (QED) is 0.877. The summed E-state index contributed by atoms with van der Waals surface area (Å²) < 4.78 is 0. The van der Waals surface area contributed by atoms with Crippen LogP contribution in [0.5, 0.6) is 0 Å². The molecule has 5 heteroatoms. The molecule has 1 unspecified atom stereocenters. The molecule has 1 aromatic rings. The number of nitrogens with zero attached hydrogens (tertiary/aromatic N) is 3. The van der Waals surface area contributed by atoms with Crippen LogP contribution in [0.1, 0.15) is 25.3 Å². The van der Waals surface area contributed by atoms with Crippen LogP contribution in [0.3, 0.4) is 0 Å². The van der Waals surface area contributed by atoms with E-state index in [-0.39, 0.29) is 6.61 Å². The SMILES string of the molecule is CC(C)N1CCN(Cc2nccs2)CC1CCO. The van der Waals surface area contributed by atoms with E-state index in [0.717, 1.165) is 32.6 Å². The Morgan fingerprint density at radius 3 is 2.94 bits per heavy atom. The molecule has 0 amide bonds. The second-order valence-electron chi connectivity index (χ2n) is 5.16. The third-order valence-electron chi connectivity index (χ3n) is 3.58. The van der Waals surface area contributed by atoms with Gasteiger partial charge in [-0.3, -0.25) is 9.80 Å². The first-order chi connectivity index (χ1) is 8.70. The maximum Gasteiger partial charge on any atom is 0.107 e. The number of rotatable bonds is 5. The molecule has 102 valence electrons. The summed E-state index contributed by atoms with van der Waals surface area (Å²) in [5.41, 5.74) is 0. The zero-order chi connectivity index (χ0) is 13.0. The van der Waals surface area contributed by atoms with Gasteiger partial charge in [-0.2, -0.15) is 0 Å². The smallest absolute Gasteiger partial charge is 0.107 e. The molecule has 0 aromatic carbocycles. The van der Waals surface area contributed by atoms with Gasteiger partial charge in [0.2, 0.25) is 0 Å². The zero-order valence-electron chi connectivity index (χ0n) is 11.2. The van der Waals surface area contributed by atoms with E-state index in [1.165, 1.54) is 5.01 Å². The van der Waals surface area contributed by atoms with Crippen LogP contribution in [0.4, 0.5) is 0 Å². The molecule has 0 bridgehead atoms. The van der Waals surface area contributed by atoms with Gasteiger partial charge in [0.15, 0.2) is 0 Å². The fraction of sp³-hybridized carbons (Fsp3) is 0.769. The van der Waals surface area contributed by atoms with Crippen molar-refractivity contribution in [2.45, 2.75) is 38.9 Å². The predicted octanol–water partition coefficient (Wildman–Crippen LogP) is 1.42. The van der Waals surface area contributed by atoms with Crippen LogP contribution >= 0.6 is 11.3 Å². The van der Waals surface area contributed by atoms with Crippen molar-refractivity contribution < 1.29 is 5.11 Å². The molecule has 0 spiro atoms. The lowest BCUT2D eigenvalue weighted by Crippen LogP contribution is -2.55. The van der Waals surface area contributed by atoms with E-state index in [2.05, 4.69) is 28.6 Å². The number of aliphatic hydroxyl groups excluding tert-OH is 1. The number of aliphatic hydroxyl groups is 1. The van der Waals surface area contributed by atoms with Crippen molar-refractivity contribution in [2.75, 3.05) is 26.2 Å². The Kier molecular flexibility index (Phi) is 5.12. The van der Waals surface area contributed by atoms with Gasteiger partial charge in [0.1, 0.15) is 5.01 Å². The van der Waals surface area contributed by atoms with Gasteiger partial charge < -0.3 is 5.11 Å². The van der Waals surface area contributed by atoms with Gasteiger partial charge in [-0.05, 0) is 20.3 Å². The molecular weight excluding hydrogens is 246 g/mol. The maximum atomic E-state index is 9.21. The number of hydrogen-bond donors (Lipinski definition) is 1. The van der Waals surface area contributed by atoms with E-state index >= 15 is 0 Å². The minimum Gasteiger partial charge on any atom is -0.396 e. The molecule has 0 aliphatic carbocycles. The van der Waals surface area contributed by atoms with Crippen LogP contribution in [0.15, 0.2) is 11.6 Å². The van der Waals surface area contributed by atoms with Crippen molar-refractivity contribution in [3.8, 4) is 0 Å². The van der Waals surface area contributed by atoms with E-state index < -0.39 is 0 Å². The van der Waals surface area contributed by atoms with Crippen molar-refractivity contribution in [2.24, 2.45) is 0 Å². The van der Waals surface area contributed by atoms with Crippen molar-refractivity contribution >= 4 is 11.3 Å². The fourth-order valence-electron chi connectivity index (χ4n) is 2.69. The highest BCUT2D eigenvalue weighted by atomic mass is 32.1. The average Bonchev–Trinajstić information content (AvgIpc) is 2.82. The second-order valence-corrected chi connectivity index (χ2v) is 6.14. The van der Waals surface area contributed by atoms with Gasteiger partial charge in [0.25, 0.3) is 0 Å².